The van der Waals surface area contributed by atoms with Crippen LogP contribution in [-0.4, -0.2) is 14.2 Å². The third kappa shape index (κ3) is 1.64. The average molecular weight is 151 g/mol. The van der Waals surface area contributed by atoms with E-state index in [0.717, 1.165) is 17.1 Å². The van der Waals surface area contributed by atoms with E-state index in [1.807, 2.05) is 18.2 Å². The monoisotopic (exact) mass is 151 g/mol. The Balaban J connectivity index is 2.99. The first-order chi connectivity index (χ1) is 5.27. The summed E-state index contributed by atoms with van der Waals surface area (Å²) in [4.78, 5) is 0. The van der Waals surface area contributed by atoms with E-state index < -0.39 is 0 Å². The largest absolute Gasteiger partial charge is 0.497 e. The van der Waals surface area contributed by atoms with E-state index in [-0.39, 0.29) is 0 Å². The summed E-state index contributed by atoms with van der Waals surface area (Å²) in [5, 5.41) is 0. The summed E-state index contributed by atoms with van der Waals surface area (Å²) in [5.41, 5.74) is 0.840. The van der Waals surface area contributed by atoms with Gasteiger partial charge in [0, 0.05) is 0 Å². The Morgan fingerprint density at radius 2 is 1.91 bits per heavy atom. The second-order valence-electron chi connectivity index (χ2n) is 2.18. The van der Waals surface area contributed by atoms with Crippen molar-refractivity contribution >= 4 is 0 Å². The number of ether oxygens (including phenoxy) is 2. The highest BCUT2D eigenvalue weighted by atomic mass is 16.5. The zero-order valence-corrected chi connectivity index (χ0v) is 6.76. The molecule has 11 heavy (non-hydrogen) atoms. The molecule has 0 aromatic heterocycles. The van der Waals surface area contributed by atoms with Gasteiger partial charge in [-0.05, 0) is 30.7 Å². The number of hydrogen-bond acceptors (Lipinski definition) is 2. The molecule has 0 saturated carbocycles. The van der Waals surface area contributed by atoms with Gasteiger partial charge in [-0.1, -0.05) is 0 Å². The summed E-state index contributed by atoms with van der Waals surface area (Å²) in [6.45, 7) is 3.79. The maximum Gasteiger partial charge on any atom is 0.122 e. The first-order valence-electron chi connectivity index (χ1n) is 3.32. The number of rotatable bonds is 2. The fourth-order valence-corrected chi connectivity index (χ4v) is 0.882. The van der Waals surface area contributed by atoms with Crippen LogP contribution in [-0.2, 0) is 0 Å². The zero-order valence-electron chi connectivity index (χ0n) is 6.76. The molecular formula is C9H11O2. The fourth-order valence-electron chi connectivity index (χ4n) is 0.882. The Morgan fingerprint density at radius 3 is 2.36 bits per heavy atom. The van der Waals surface area contributed by atoms with Crippen LogP contribution >= 0.6 is 0 Å². The highest BCUT2D eigenvalue weighted by Gasteiger charge is 1.98. The van der Waals surface area contributed by atoms with Crippen LogP contribution in [0.2, 0.25) is 0 Å². The van der Waals surface area contributed by atoms with Gasteiger partial charge in [0.2, 0.25) is 0 Å². The topological polar surface area (TPSA) is 18.5 Å². The molecule has 0 aliphatic rings. The van der Waals surface area contributed by atoms with Crippen molar-refractivity contribution in [1.29, 1.82) is 0 Å². The van der Waals surface area contributed by atoms with Crippen LogP contribution in [0.3, 0.4) is 0 Å². The molecule has 0 N–H and O–H groups in total. The molecule has 1 radical (unpaired) electrons. The van der Waals surface area contributed by atoms with Gasteiger partial charge in [-0.25, -0.2) is 0 Å². The van der Waals surface area contributed by atoms with Crippen LogP contribution in [0.5, 0.6) is 11.5 Å². The molecule has 59 valence electrons. The molecule has 0 saturated heterocycles. The molecule has 0 aliphatic heterocycles. The quantitative estimate of drug-likeness (QED) is 0.642. The van der Waals surface area contributed by atoms with E-state index in [0.29, 0.717) is 0 Å². The third-order valence-corrected chi connectivity index (χ3v) is 1.49. The zero-order chi connectivity index (χ0) is 8.27. The smallest absolute Gasteiger partial charge is 0.122 e. The van der Waals surface area contributed by atoms with Gasteiger partial charge in [0.05, 0.1) is 14.2 Å². The van der Waals surface area contributed by atoms with Gasteiger partial charge in [-0.3, -0.25) is 0 Å². The van der Waals surface area contributed by atoms with E-state index in [1.54, 1.807) is 14.2 Å². The molecular weight excluding hydrogens is 140 g/mol. The molecule has 0 fully saturated rings. The summed E-state index contributed by atoms with van der Waals surface area (Å²) in [6.07, 6.45) is 0. The molecule has 0 bridgehead atoms. The van der Waals surface area contributed by atoms with Crippen LogP contribution in [0.15, 0.2) is 18.2 Å². The maximum absolute atomic E-state index is 5.03. The van der Waals surface area contributed by atoms with Crippen molar-refractivity contribution in [3.05, 3.63) is 30.7 Å². The highest BCUT2D eigenvalue weighted by Crippen LogP contribution is 2.22. The predicted molar refractivity (Wildman–Crippen MR) is 44.0 cm³/mol. The van der Waals surface area contributed by atoms with Crippen LogP contribution < -0.4 is 9.47 Å². The molecule has 0 heterocycles. The van der Waals surface area contributed by atoms with E-state index in [1.165, 1.54) is 0 Å². The van der Waals surface area contributed by atoms with Crippen LogP contribution in [0, 0.1) is 6.92 Å². The summed E-state index contributed by atoms with van der Waals surface area (Å²) in [7, 11) is 3.25. The van der Waals surface area contributed by atoms with Crippen molar-refractivity contribution in [3.63, 3.8) is 0 Å². The number of hydrogen-bond donors (Lipinski definition) is 0. The van der Waals surface area contributed by atoms with Gasteiger partial charge in [0.15, 0.2) is 0 Å². The second-order valence-corrected chi connectivity index (χ2v) is 2.18. The Kier molecular flexibility index (Phi) is 2.36. The second kappa shape index (κ2) is 3.28. The highest BCUT2D eigenvalue weighted by molar-refractivity contribution is 5.41. The van der Waals surface area contributed by atoms with Crippen LogP contribution in [0.1, 0.15) is 5.56 Å². The fraction of sp³-hybridized carbons (Fsp3) is 0.222. The van der Waals surface area contributed by atoms with Crippen molar-refractivity contribution < 1.29 is 9.47 Å². The van der Waals surface area contributed by atoms with Gasteiger partial charge >= 0.3 is 0 Å². The lowest BCUT2D eigenvalue weighted by Crippen LogP contribution is -1.88. The third-order valence-electron chi connectivity index (χ3n) is 1.49. The summed E-state index contributed by atoms with van der Waals surface area (Å²) < 4.78 is 10.0. The molecule has 0 amide bonds. The summed E-state index contributed by atoms with van der Waals surface area (Å²) in [6, 6.07) is 5.51. The van der Waals surface area contributed by atoms with Gasteiger partial charge < -0.3 is 9.47 Å². The van der Waals surface area contributed by atoms with E-state index in [2.05, 4.69) is 6.92 Å². The van der Waals surface area contributed by atoms with Crippen molar-refractivity contribution in [2.75, 3.05) is 14.2 Å². The molecule has 1 aromatic rings. The molecule has 0 atom stereocenters. The molecule has 1 aromatic carbocycles. The minimum atomic E-state index is 0.783. The SMILES string of the molecule is [CH2]c1cc(OC)ccc1OC. The first kappa shape index (κ1) is 7.92. The van der Waals surface area contributed by atoms with Gasteiger partial charge in [0.25, 0.3) is 0 Å². The predicted octanol–water partition coefficient (Wildman–Crippen LogP) is 1.89. The van der Waals surface area contributed by atoms with Crippen molar-refractivity contribution in [3.8, 4) is 11.5 Å². The Bertz CT molecular complexity index is 243. The van der Waals surface area contributed by atoms with Gasteiger partial charge in [-0.15, -0.1) is 0 Å². The van der Waals surface area contributed by atoms with Crippen molar-refractivity contribution in [1.82, 2.24) is 0 Å². The number of methoxy groups -OCH3 is 2. The van der Waals surface area contributed by atoms with Crippen LogP contribution in [0.4, 0.5) is 0 Å². The summed E-state index contributed by atoms with van der Waals surface area (Å²) >= 11 is 0. The normalized spacial score (nSPS) is 9.36. The molecule has 0 aliphatic carbocycles. The van der Waals surface area contributed by atoms with E-state index >= 15 is 0 Å². The van der Waals surface area contributed by atoms with E-state index in [4.69, 9.17) is 9.47 Å². The average Bonchev–Trinajstić information content (AvgIpc) is 2.04. The van der Waals surface area contributed by atoms with E-state index in [9.17, 15) is 0 Å². The standard InChI is InChI=1S/C9H11O2/c1-7-6-8(10-2)4-5-9(7)11-3/h4-6H,1H2,2-3H3. The first-order valence-corrected chi connectivity index (χ1v) is 3.32. The Hall–Kier alpha value is -1.18. The van der Waals surface area contributed by atoms with Crippen LogP contribution in [0.25, 0.3) is 0 Å². The molecule has 1 rings (SSSR count). The van der Waals surface area contributed by atoms with Gasteiger partial charge in [0.1, 0.15) is 11.5 Å². The summed E-state index contributed by atoms with van der Waals surface area (Å²) in [5.74, 6) is 1.58. The lowest BCUT2D eigenvalue weighted by atomic mass is 10.2. The minimum Gasteiger partial charge on any atom is -0.497 e. The van der Waals surface area contributed by atoms with Gasteiger partial charge in [-0.2, -0.15) is 0 Å². The van der Waals surface area contributed by atoms with Crippen molar-refractivity contribution in [2.45, 2.75) is 0 Å². The molecule has 2 heteroatoms. The van der Waals surface area contributed by atoms with Crippen molar-refractivity contribution in [2.24, 2.45) is 0 Å². The maximum atomic E-state index is 5.03. The Morgan fingerprint density at radius 1 is 1.18 bits per heavy atom. The Labute approximate surface area is 66.8 Å². The number of benzene rings is 1. The molecule has 0 spiro atoms. The molecule has 0 unspecified atom stereocenters. The lowest BCUT2D eigenvalue weighted by Gasteiger charge is -2.05. The lowest BCUT2D eigenvalue weighted by molar-refractivity contribution is 0.401. The molecule has 2 nitrogen and oxygen atoms in total. The minimum absolute atomic E-state index is 0.783.